The highest BCUT2D eigenvalue weighted by molar-refractivity contribution is 5.85. The fourth-order valence-corrected chi connectivity index (χ4v) is 3.36. The molecule has 1 amide bonds. The third-order valence-corrected chi connectivity index (χ3v) is 5.11. The van der Waals surface area contributed by atoms with Crippen molar-refractivity contribution in [3.8, 4) is 5.69 Å². The molecule has 0 aliphatic rings. The number of aryl methyl sites for hydroxylation is 1. The van der Waals surface area contributed by atoms with Crippen LogP contribution in [0.3, 0.4) is 0 Å². The average Bonchev–Trinajstić information content (AvgIpc) is 3.01. The van der Waals surface area contributed by atoms with E-state index < -0.39 is 12.0 Å². The molecule has 6 heteroatoms. The molecule has 3 rings (SSSR count). The summed E-state index contributed by atoms with van der Waals surface area (Å²) in [5.41, 5.74) is 4.29. The van der Waals surface area contributed by atoms with Crippen LogP contribution in [0.15, 0.2) is 60.7 Å². The highest BCUT2D eigenvalue weighted by Gasteiger charge is 2.27. The minimum atomic E-state index is -1.03. The molecule has 2 aromatic carbocycles. The Morgan fingerprint density at radius 2 is 1.62 bits per heavy atom. The van der Waals surface area contributed by atoms with Gasteiger partial charge in [0, 0.05) is 17.8 Å². The van der Waals surface area contributed by atoms with Gasteiger partial charge in [0.1, 0.15) is 6.04 Å². The number of carbonyl (C=O) groups is 2. The van der Waals surface area contributed by atoms with E-state index in [1.165, 1.54) is 11.8 Å². The lowest BCUT2D eigenvalue weighted by atomic mass is 10.1. The summed E-state index contributed by atoms with van der Waals surface area (Å²) in [6.07, 6.45) is 0.106. The fourth-order valence-electron chi connectivity index (χ4n) is 3.36. The van der Waals surface area contributed by atoms with Crippen molar-refractivity contribution in [3.63, 3.8) is 0 Å². The van der Waals surface area contributed by atoms with Crippen molar-refractivity contribution in [1.29, 1.82) is 0 Å². The van der Waals surface area contributed by atoms with Crippen molar-refractivity contribution in [2.75, 3.05) is 0 Å². The Morgan fingerprint density at radius 1 is 1.03 bits per heavy atom. The Labute approximate surface area is 170 Å². The summed E-state index contributed by atoms with van der Waals surface area (Å²) in [7, 11) is 0. The number of para-hydroxylation sites is 1. The summed E-state index contributed by atoms with van der Waals surface area (Å²) in [4.78, 5) is 26.2. The van der Waals surface area contributed by atoms with Crippen molar-refractivity contribution < 1.29 is 14.7 Å². The third-order valence-electron chi connectivity index (χ3n) is 5.11. The van der Waals surface area contributed by atoms with Gasteiger partial charge >= 0.3 is 5.97 Å². The summed E-state index contributed by atoms with van der Waals surface area (Å²) >= 11 is 0. The predicted octanol–water partition coefficient (Wildman–Crippen LogP) is 3.53. The maximum absolute atomic E-state index is 13.1. The molecule has 0 saturated carbocycles. The van der Waals surface area contributed by atoms with Gasteiger partial charge in [-0.25, -0.2) is 9.48 Å². The van der Waals surface area contributed by atoms with E-state index in [0.29, 0.717) is 0 Å². The van der Waals surface area contributed by atoms with Crippen LogP contribution in [0, 0.1) is 13.8 Å². The molecule has 1 heterocycles. The van der Waals surface area contributed by atoms with Gasteiger partial charge in [0.05, 0.1) is 17.8 Å². The molecule has 1 atom stereocenters. The highest BCUT2D eigenvalue weighted by atomic mass is 16.4. The number of carbonyl (C=O) groups excluding carboxylic acids is 1. The van der Waals surface area contributed by atoms with Crippen molar-refractivity contribution in [1.82, 2.24) is 14.7 Å². The second kappa shape index (κ2) is 8.73. The number of rotatable bonds is 7. The number of amides is 1. The van der Waals surface area contributed by atoms with Gasteiger partial charge in [0.25, 0.3) is 0 Å². The minimum absolute atomic E-state index is 0.106. The summed E-state index contributed by atoms with van der Waals surface area (Å²) in [5, 5.41) is 14.1. The highest BCUT2D eigenvalue weighted by Crippen LogP contribution is 2.20. The second-order valence-electron chi connectivity index (χ2n) is 7.09. The van der Waals surface area contributed by atoms with E-state index >= 15 is 0 Å². The zero-order valence-corrected chi connectivity index (χ0v) is 16.9. The van der Waals surface area contributed by atoms with Gasteiger partial charge < -0.3 is 10.0 Å². The number of benzene rings is 2. The van der Waals surface area contributed by atoms with Crippen molar-refractivity contribution in [2.24, 2.45) is 0 Å². The number of carboxylic acid groups (broad SMARTS) is 1. The number of aromatic nitrogens is 2. The molecule has 3 aromatic rings. The molecule has 6 nitrogen and oxygen atoms in total. The van der Waals surface area contributed by atoms with Gasteiger partial charge in [-0.05, 0) is 38.5 Å². The summed E-state index contributed by atoms with van der Waals surface area (Å²) in [6.45, 7) is 5.59. The van der Waals surface area contributed by atoms with Crippen LogP contribution in [0.2, 0.25) is 0 Å². The maximum Gasteiger partial charge on any atom is 0.326 e. The van der Waals surface area contributed by atoms with Crippen LogP contribution in [0.4, 0.5) is 0 Å². The Hall–Kier alpha value is -3.41. The third kappa shape index (κ3) is 4.54. The van der Waals surface area contributed by atoms with E-state index in [0.717, 1.165) is 28.2 Å². The smallest absolute Gasteiger partial charge is 0.326 e. The Balaban J connectivity index is 1.88. The molecular weight excluding hydrogens is 366 g/mol. The van der Waals surface area contributed by atoms with Crippen LogP contribution in [0.25, 0.3) is 5.69 Å². The first-order valence-electron chi connectivity index (χ1n) is 9.55. The quantitative estimate of drug-likeness (QED) is 0.668. The first-order chi connectivity index (χ1) is 13.9. The number of hydrogen-bond donors (Lipinski definition) is 1. The average molecular weight is 391 g/mol. The van der Waals surface area contributed by atoms with Crippen molar-refractivity contribution in [2.45, 2.75) is 39.8 Å². The van der Waals surface area contributed by atoms with Gasteiger partial charge in [0.15, 0.2) is 0 Å². The van der Waals surface area contributed by atoms with E-state index in [9.17, 15) is 14.7 Å². The molecule has 150 valence electrons. The van der Waals surface area contributed by atoms with Crippen LogP contribution < -0.4 is 0 Å². The number of hydrogen-bond acceptors (Lipinski definition) is 3. The molecule has 0 saturated heterocycles. The first kappa shape index (κ1) is 20.3. The minimum Gasteiger partial charge on any atom is -0.480 e. The second-order valence-corrected chi connectivity index (χ2v) is 7.09. The summed E-state index contributed by atoms with van der Waals surface area (Å²) in [5.74, 6) is -1.26. The molecular formula is C23H25N3O3. The van der Waals surface area contributed by atoms with Crippen LogP contribution in [0.5, 0.6) is 0 Å². The van der Waals surface area contributed by atoms with E-state index in [4.69, 9.17) is 0 Å². The zero-order chi connectivity index (χ0) is 21.0. The van der Waals surface area contributed by atoms with Crippen LogP contribution in [-0.2, 0) is 22.6 Å². The number of carboxylic acids is 1. The molecule has 1 unspecified atom stereocenters. The van der Waals surface area contributed by atoms with Crippen LogP contribution in [-0.4, -0.2) is 37.7 Å². The standard InChI is InChI=1S/C23H25N3O3/c1-16-21(17(2)26(24-16)20-12-8-5-9-13-20)14-22(27)25(18(3)23(28)29)15-19-10-6-4-7-11-19/h4-13,18H,14-15H2,1-3H3,(H,28,29). The van der Waals surface area contributed by atoms with Crippen LogP contribution in [0.1, 0.15) is 29.4 Å². The van der Waals surface area contributed by atoms with E-state index in [1.54, 1.807) is 0 Å². The zero-order valence-electron chi connectivity index (χ0n) is 16.9. The van der Waals surface area contributed by atoms with Crippen LogP contribution >= 0.6 is 0 Å². The Bertz CT molecular complexity index is 997. The molecule has 0 fully saturated rings. The van der Waals surface area contributed by atoms with Gasteiger partial charge in [-0.2, -0.15) is 5.10 Å². The molecule has 0 radical (unpaired) electrons. The molecule has 0 bridgehead atoms. The molecule has 0 spiro atoms. The normalized spacial score (nSPS) is 11.8. The van der Waals surface area contributed by atoms with Crippen molar-refractivity contribution >= 4 is 11.9 Å². The van der Waals surface area contributed by atoms with Crippen molar-refractivity contribution in [3.05, 3.63) is 83.2 Å². The van der Waals surface area contributed by atoms with Gasteiger partial charge in [-0.1, -0.05) is 48.5 Å². The lowest BCUT2D eigenvalue weighted by molar-refractivity contribution is -0.149. The van der Waals surface area contributed by atoms with Gasteiger partial charge in [-0.15, -0.1) is 0 Å². The Morgan fingerprint density at radius 3 is 2.21 bits per heavy atom. The number of aliphatic carboxylic acids is 1. The van der Waals surface area contributed by atoms with E-state index in [-0.39, 0.29) is 18.9 Å². The summed E-state index contributed by atoms with van der Waals surface area (Å²) in [6, 6.07) is 18.2. The fraction of sp³-hybridized carbons (Fsp3) is 0.261. The Kier molecular flexibility index (Phi) is 6.12. The van der Waals surface area contributed by atoms with Gasteiger partial charge in [0.2, 0.25) is 5.91 Å². The molecule has 1 aromatic heterocycles. The number of nitrogens with zero attached hydrogens (tertiary/aromatic N) is 3. The summed E-state index contributed by atoms with van der Waals surface area (Å²) < 4.78 is 1.82. The lowest BCUT2D eigenvalue weighted by Crippen LogP contribution is -2.43. The molecule has 29 heavy (non-hydrogen) atoms. The molecule has 0 aliphatic carbocycles. The first-order valence-corrected chi connectivity index (χ1v) is 9.55. The topological polar surface area (TPSA) is 75.4 Å². The van der Waals surface area contributed by atoms with E-state index in [2.05, 4.69) is 5.10 Å². The monoisotopic (exact) mass is 391 g/mol. The maximum atomic E-state index is 13.1. The van der Waals surface area contributed by atoms with Gasteiger partial charge in [-0.3, -0.25) is 4.79 Å². The SMILES string of the molecule is Cc1nn(-c2ccccc2)c(C)c1CC(=O)N(Cc1ccccc1)C(C)C(=O)O. The molecule has 0 aliphatic heterocycles. The predicted molar refractivity (Wildman–Crippen MR) is 111 cm³/mol. The lowest BCUT2D eigenvalue weighted by Gasteiger charge is -2.27. The van der Waals surface area contributed by atoms with E-state index in [1.807, 2.05) is 79.2 Å². The largest absolute Gasteiger partial charge is 0.480 e. The molecule has 1 N–H and O–H groups in total.